The van der Waals surface area contributed by atoms with Gasteiger partial charge in [-0.1, -0.05) is 47.5 Å². The molecule has 0 aromatic heterocycles. The van der Waals surface area contributed by atoms with Gasteiger partial charge in [0.15, 0.2) is 11.5 Å². The molecule has 0 aliphatic heterocycles. The van der Waals surface area contributed by atoms with Crippen molar-refractivity contribution in [1.82, 2.24) is 0 Å². The molecule has 34 heavy (non-hydrogen) atoms. The normalized spacial score (nSPS) is 11.4. The molecule has 3 rings (SSSR count). The number of anilines is 1. The fraction of sp³-hybridized carbons (Fsp3) is 0.0833. The van der Waals surface area contributed by atoms with Gasteiger partial charge in [-0.25, -0.2) is 0 Å². The minimum Gasteiger partial charge on any atom is -0.490 e. The van der Waals surface area contributed by atoms with Crippen LogP contribution in [-0.2, 0) is 14.9 Å². The summed E-state index contributed by atoms with van der Waals surface area (Å²) in [6.07, 6.45) is 1.34. The first-order chi connectivity index (χ1) is 16.2. The van der Waals surface area contributed by atoms with Crippen molar-refractivity contribution >= 4 is 51.0 Å². The molecular weight excluding hydrogens is 499 g/mol. The van der Waals surface area contributed by atoms with Crippen LogP contribution < -0.4 is 14.2 Å². The van der Waals surface area contributed by atoms with E-state index in [1.54, 1.807) is 31.2 Å². The van der Waals surface area contributed by atoms with E-state index in [4.69, 9.17) is 32.1 Å². The van der Waals surface area contributed by atoms with E-state index in [9.17, 15) is 18.5 Å². The van der Waals surface area contributed by atoms with Crippen molar-refractivity contribution in [3.63, 3.8) is 0 Å². The highest BCUT2D eigenvalue weighted by atomic mass is 35.5. The lowest BCUT2D eigenvalue weighted by atomic mass is 10.1. The Morgan fingerprint density at radius 2 is 1.76 bits per heavy atom. The average molecular weight is 517 g/mol. The van der Waals surface area contributed by atoms with Crippen LogP contribution in [0.4, 0.5) is 5.69 Å². The zero-order chi connectivity index (χ0) is 24.7. The smallest absolute Gasteiger partial charge is 0.339 e. The fourth-order valence-electron chi connectivity index (χ4n) is 2.79. The highest BCUT2D eigenvalue weighted by Gasteiger charge is 2.19. The number of nitriles is 1. The van der Waals surface area contributed by atoms with Gasteiger partial charge in [0, 0.05) is 5.69 Å². The van der Waals surface area contributed by atoms with Crippen LogP contribution in [-0.4, -0.2) is 20.9 Å². The van der Waals surface area contributed by atoms with Crippen LogP contribution in [0.5, 0.6) is 11.5 Å². The molecule has 0 bridgehead atoms. The monoisotopic (exact) mass is 516 g/mol. The summed E-state index contributed by atoms with van der Waals surface area (Å²) in [5.41, 5.74) is 0.596. The van der Waals surface area contributed by atoms with Crippen LogP contribution in [0.15, 0.2) is 77.2 Å². The van der Waals surface area contributed by atoms with Gasteiger partial charge in [-0.05, 0) is 61.0 Å². The Labute approximate surface area is 207 Å². The van der Waals surface area contributed by atoms with Gasteiger partial charge in [0.2, 0.25) is 0 Å². The van der Waals surface area contributed by atoms with Crippen molar-refractivity contribution in [1.29, 1.82) is 5.26 Å². The van der Waals surface area contributed by atoms with Gasteiger partial charge in [-0.2, -0.15) is 13.7 Å². The number of rotatable bonds is 8. The second-order valence-corrected chi connectivity index (χ2v) is 9.10. The largest absolute Gasteiger partial charge is 0.490 e. The maximum Gasteiger partial charge on any atom is 0.339 e. The van der Waals surface area contributed by atoms with Crippen LogP contribution >= 0.6 is 23.2 Å². The number of halogens is 2. The number of benzene rings is 3. The third kappa shape index (κ3) is 6.29. The van der Waals surface area contributed by atoms with E-state index in [0.29, 0.717) is 16.3 Å². The third-order valence-corrected chi connectivity index (χ3v) is 6.34. The van der Waals surface area contributed by atoms with Crippen molar-refractivity contribution < 1.29 is 22.1 Å². The summed E-state index contributed by atoms with van der Waals surface area (Å²) in [5, 5.41) is 12.6. The molecule has 3 aromatic rings. The van der Waals surface area contributed by atoms with Gasteiger partial charge in [0.05, 0.1) is 16.7 Å². The maximum atomic E-state index is 12.6. The van der Waals surface area contributed by atoms with E-state index in [1.165, 1.54) is 48.5 Å². The number of hydrogen-bond acceptors (Lipinski definition) is 6. The van der Waals surface area contributed by atoms with Gasteiger partial charge in [0.25, 0.3) is 5.91 Å². The number of carbonyl (C=O) groups is 1. The predicted octanol–water partition coefficient (Wildman–Crippen LogP) is 5.71. The van der Waals surface area contributed by atoms with Gasteiger partial charge in [-0.3, -0.25) is 4.79 Å². The number of nitrogens with one attached hydrogen (secondary N) is 1. The van der Waals surface area contributed by atoms with E-state index in [-0.39, 0.29) is 33.6 Å². The Kier molecular flexibility index (Phi) is 8.18. The lowest BCUT2D eigenvalue weighted by Gasteiger charge is -2.13. The lowest BCUT2D eigenvalue weighted by molar-refractivity contribution is -0.112. The molecule has 0 unspecified atom stereocenters. The molecule has 1 amide bonds. The second kappa shape index (κ2) is 11.1. The molecule has 0 saturated carbocycles. The van der Waals surface area contributed by atoms with Crippen LogP contribution in [0.2, 0.25) is 10.0 Å². The minimum atomic E-state index is -4.08. The van der Waals surface area contributed by atoms with E-state index >= 15 is 0 Å². The Bertz CT molecular complexity index is 1380. The zero-order valence-corrected chi connectivity index (χ0v) is 20.1. The van der Waals surface area contributed by atoms with Crippen molar-refractivity contribution in [2.24, 2.45) is 0 Å². The van der Waals surface area contributed by atoms with Gasteiger partial charge in [-0.15, -0.1) is 0 Å². The van der Waals surface area contributed by atoms with Crippen molar-refractivity contribution in [2.45, 2.75) is 11.8 Å². The van der Waals surface area contributed by atoms with Crippen molar-refractivity contribution in [2.75, 3.05) is 11.9 Å². The molecule has 7 nitrogen and oxygen atoms in total. The number of amides is 1. The molecule has 0 aliphatic rings. The average Bonchev–Trinajstić information content (AvgIpc) is 2.82. The zero-order valence-electron chi connectivity index (χ0n) is 17.8. The highest BCUT2D eigenvalue weighted by Crippen LogP contribution is 2.32. The summed E-state index contributed by atoms with van der Waals surface area (Å²) in [5.74, 6) is -0.551. The SMILES string of the molecule is CCOc1cc(/C=C(\C#N)C(=O)Nc2ccc(Cl)c(Cl)c2)ccc1OS(=O)(=O)c1ccccc1. The molecule has 0 fully saturated rings. The highest BCUT2D eigenvalue weighted by molar-refractivity contribution is 7.87. The van der Waals surface area contributed by atoms with E-state index in [2.05, 4.69) is 5.32 Å². The van der Waals surface area contributed by atoms with Crippen LogP contribution in [0.25, 0.3) is 6.08 Å². The van der Waals surface area contributed by atoms with Gasteiger partial charge >= 0.3 is 10.1 Å². The number of nitrogens with zero attached hydrogens (tertiary/aromatic N) is 1. The molecule has 0 atom stereocenters. The Morgan fingerprint density at radius 1 is 1.03 bits per heavy atom. The van der Waals surface area contributed by atoms with Crippen LogP contribution in [0.1, 0.15) is 12.5 Å². The number of hydrogen-bond donors (Lipinski definition) is 1. The lowest BCUT2D eigenvalue weighted by Crippen LogP contribution is -2.13. The van der Waals surface area contributed by atoms with E-state index in [0.717, 1.165) is 0 Å². The quantitative estimate of drug-likeness (QED) is 0.233. The van der Waals surface area contributed by atoms with Crippen LogP contribution in [0, 0.1) is 11.3 Å². The summed E-state index contributed by atoms with van der Waals surface area (Å²) in [6.45, 7) is 1.96. The summed E-state index contributed by atoms with van der Waals surface area (Å²) in [6, 6.07) is 18.4. The Morgan fingerprint density at radius 3 is 2.41 bits per heavy atom. The molecule has 0 spiro atoms. The van der Waals surface area contributed by atoms with Crippen molar-refractivity contribution in [3.05, 3.63) is 87.9 Å². The molecule has 0 aliphatic carbocycles. The summed E-state index contributed by atoms with van der Waals surface area (Å²) in [4.78, 5) is 12.5. The van der Waals surface area contributed by atoms with E-state index in [1.807, 2.05) is 6.07 Å². The molecule has 174 valence electrons. The van der Waals surface area contributed by atoms with Gasteiger partial charge < -0.3 is 14.2 Å². The fourth-order valence-corrected chi connectivity index (χ4v) is 4.05. The molecule has 3 aromatic carbocycles. The molecular formula is C24H18Cl2N2O5S. The molecule has 10 heteroatoms. The topological polar surface area (TPSA) is 105 Å². The maximum absolute atomic E-state index is 12.6. The third-order valence-electron chi connectivity index (χ3n) is 4.35. The predicted molar refractivity (Wildman–Crippen MR) is 131 cm³/mol. The molecule has 0 saturated heterocycles. The summed E-state index contributed by atoms with van der Waals surface area (Å²) in [7, 11) is -4.08. The van der Waals surface area contributed by atoms with Crippen LogP contribution in [0.3, 0.4) is 0 Å². The first-order valence-electron chi connectivity index (χ1n) is 9.88. The number of carbonyl (C=O) groups excluding carboxylic acids is 1. The molecule has 0 heterocycles. The standard InChI is InChI=1S/C24H18Cl2N2O5S/c1-2-32-23-13-16(8-11-22(23)33-34(30,31)19-6-4-3-5-7-19)12-17(15-27)24(29)28-18-9-10-20(25)21(26)14-18/h3-14H,2H2,1H3,(H,28,29)/b17-12+. The first-order valence-corrected chi connectivity index (χ1v) is 12.0. The van der Waals surface area contributed by atoms with E-state index < -0.39 is 16.0 Å². The Balaban J connectivity index is 1.87. The summed E-state index contributed by atoms with van der Waals surface area (Å²) >= 11 is 11.8. The second-order valence-electron chi connectivity index (χ2n) is 6.74. The summed E-state index contributed by atoms with van der Waals surface area (Å²) < 4.78 is 35.9. The van der Waals surface area contributed by atoms with Gasteiger partial charge in [0.1, 0.15) is 16.5 Å². The minimum absolute atomic E-state index is 0.00726. The first kappa shape index (κ1) is 25.1. The van der Waals surface area contributed by atoms with Crippen molar-refractivity contribution in [3.8, 4) is 17.6 Å². The Hall–Kier alpha value is -3.51. The number of ether oxygens (including phenoxy) is 1. The molecule has 1 N–H and O–H groups in total. The molecule has 0 radical (unpaired) electrons.